The van der Waals surface area contributed by atoms with Crippen molar-refractivity contribution in [2.24, 2.45) is 0 Å². The molecule has 0 unspecified atom stereocenters. The van der Waals surface area contributed by atoms with Gasteiger partial charge in [0.05, 0.1) is 0 Å². The third-order valence-corrected chi connectivity index (χ3v) is 4.29. The van der Waals surface area contributed by atoms with Gasteiger partial charge >= 0.3 is 0 Å². The van der Waals surface area contributed by atoms with E-state index >= 15 is 0 Å². The lowest BCUT2D eigenvalue weighted by molar-refractivity contribution is 0.0942. The first-order valence-electron chi connectivity index (χ1n) is 7.55. The summed E-state index contributed by atoms with van der Waals surface area (Å²) in [6.45, 7) is 2.48. The first-order chi connectivity index (χ1) is 11.5. The Hall–Kier alpha value is -2.53. The Kier molecular flexibility index (Phi) is 4.44. The highest BCUT2D eigenvalue weighted by Gasteiger charge is 2.20. The molecule has 0 radical (unpaired) electrons. The summed E-state index contributed by atoms with van der Waals surface area (Å²) in [4.78, 5) is 12.6. The van der Waals surface area contributed by atoms with E-state index in [9.17, 15) is 14.3 Å². The average molecular weight is 347 g/mol. The van der Waals surface area contributed by atoms with E-state index in [0.29, 0.717) is 28.6 Å². The molecule has 0 aliphatic heterocycles. The predicted molar refractivity (Wildman–Crippen MR) is 91.9 cm³/mol. The highest BCUT2D eigenvalue weighted by Crippen LogP contribution is 2.31. The van der Waals surface area contributed by atoms with Gasteiger partial charge in [-0.1, -0.05) is 35.9 Å². The maximum atomic E-state index is 13.1. The molecule has 2 aromatic carbocycles. The van der Waals surface area contributed by atoms with Crippen LogP contribution in [0.1, 0.15) is 23.0 Å². The van der Waals surface area contributed by atoms with E-state index in [1.807, 2.05) is 19.1 Å². The second-order valence-corrected chi connectivity index (χ2v) is 5.79. The third-order valence-electron chi connectivity index (χ3n) is 3.93. The fourth-order valence-corrected chi connectivity index (χ4v) is 2.99. The second kappa shape index (κ2) is 6.53. The van der Waals surface area contributed by atoms with Crippen LogP contribution in [0.15, 0.2) is 42.5 Å². The molecule has 24 heavy (non-hydrogen) atoms. The number of nitrogens with one attached hydrogen (secondary N) is 1. The number of carbonyl (C=O) groups is 1. The molecule has 0 saturated carbocycles. The predicted octanol–water partition coefficient (Wildman–Crippen LogP) is 4.09. The molecule has 0 saturated heterocycles. The van der Waals surface area contributed by atoms with Crippen molar-refractivity contribution in [3.05, 3.63) is 64.6 Å². The molecule has 0 aliphatic rings. The summed E-state index contributed by atoms with van der Waals surface area (Å²) in [6, 6.07) is 11.2. The molecule has 0 aliphatic carbocycles. The largest absolute Gasteiger partial charge is 0.494 e. The Morgan fingerprint density at radius 3 is 2.62 bits per heavy atom. The van der Waals surface area contributed by atoms with Crippen LogP contribution >= 0.6 is 11.6 Å². The zero-order valence-corrected chi connectivity index (χ0v) is 13.8. The Bertz CT molecular complexity index is 921. The Morgan fingerprint density at radius 2 is 1.96 bits per heavy atom. The molecular formula is C18H16ClFN2O2. The lowest BCUT2D eigenvalue weighted by Gasteiger charge is -2.10. The van der Waals surface area contributed by atoms with Crippen LogP contribution in [0.4, 0.5) is 4.39 Å². The van der Waals surface area contributed by atoms with E-state index in [1.54, 1.807) is 16.7 Å². The highest BCUT2D eigenvalue weighted by molar-refractivity contribution is 6.31. The van der Waals surface area contributed by atoms with Gasteiger partial charge in [0.1, 0.15) is 11.5 Å². The number of aromatic hydroxyl groups is 1. The third kappa shape index (κ3) is 2.83. The standard InChI is InChI=1S/C18H16ClFN2O2/c1-2-22-16(13-5-3-4-6-14(13)18(22)24)17(23)21-10-11-7-8-12(20)9-15(11)19/h3-9,24H,2,10H2,1H3,(H,21,23). The Morgan fingerprint density at radius 1 is 1.25 bits per heavy atom. The maximum Gasteiger partial charge on any atom is 0.268 e. The Balaban J connectivity index is 1.91. The van der Waals surface area contributed by atoms with Gasteiger partial charge < -0.3 is 15.0 Å². The van der Waals surface area contributed by atoms with Crippen LogP contribution in [0.2, 0.25) is 5.02 Å². The van der Waals surface area contributed by atoms with Crippen LogP contribution in [0.25, 0.3) is 10.8 Å². The molecule has 0 spiro atoms. The zero-order valence-electron chi connectivity index (χ0n) is 13.0. The summed E-state index contributed by atoms with van der Waals surface area (Å²) in [6.07, 6.45) is 0. The summed E-state index contributed by atoms with van der Waals surface area (Å²) in [5.74, 6) is -0.683. The van der Waals surface area contributed by atoms with Gasteiger partial charge in [0, 0.05) is 28.9 Å². The van der Waals surface area contributed by atoms with Crippen LogP contribution in [0, 0.1) is 5.82 Å². The van der Waals surface area contributed by atoms with Gasteiger partial charge in [-0.2, -0.15) is 0 Å². The van der Waals surface area contributed by atoms with Gasteiger partial charge in [0.15, 0.2) is 5.88 Å². The van der Waals surface area contributed by atoms with Gasteiger partial charge in [-0.25, -0.2) is 4.39 Å². The number of hydrogen-bond acceptors (Lipinski definition) is 2. The van der Waals surface area contributed by atoms with Gasteiger partial charge in [0.2, 0.25) is 0 Å². The minimum absolute atomic E-state index is 0.0677. The van der Waals surface area contributed by atoms with Crippen LogP contribution in [0.3, 0.4) is 0 Å². The molecule has 3 rings (SSSR count). The normalized spacial score (nSPS) is 11.0. The Labute approximate surface area is 143 Å². The lowest BCUT2D eigenvalue weighted by atomic mass is 10.1. The number of benzene rings is 2. The molecule has 3 aromatic rings. The SMILES string of the molecule is CCn1c(O)c2ccccc2c1C(=O)NCc1ccc(F)cc1Cl. The van der Waals surface area contributed by atoms with Crippen LogP contribution in [-0.4, -0.2) is 15.6 Å². The monoisotopic (exact) mass is 346 g/mol. The van der Waals surface area contributed by atoms with Crippen molar-refractivity contribution in [1.82, 2.24) is 9.88 Å². The summed E-state index contributed by atoms with van der Waals surface area (Å²) < 4.78 is 14.6. The van der Waals surface area contributed by atoms with Gasteiger partial charge in [0.25, 0.3) is 5.91 Å². The van der Waals surface area contributed by atoms with Crippen molar-refractivity contribution in [3.8, 4) is 5.88 Å². The quantitative estimate of drug-likeness (QED) is 0.747. The first kappa shape index (κ1) is 16.3. The molecule has 1 amide bonds. The minimum Gasteiger partial charge on any atom is -0.494 e. The van der Waals surface area contributed by atoms with Crippen molar-refractivity contribution >= 4 is 28.3 Å². The average Bonchev–Trinajstić information content (AvgIpc) is 2.86. The molecule has 4 nitrogen and oxygen atoms in total. The van der Waals surface area contributed by atoms with Crippen molar-refractivity contribution < 1.29 is 14.3 Å². The highest BCUT2D eigenvalue weighted by atomic mass is 35.5. The van der Waals surface area contributed by atoms with Crippen molar-refractivity contribution in [1.29, 1.82) is 0 Å². The smallest absolute Gasteiger partial charge is 0.268 e. The number of hydrogen-bond donors (Lipinski definition) is 2. The lowest BCUT2D eigenvalue weighted by Crippen LogP contribution is -2.25. The van der Waals surface area contributed by atoms with Gasteiger partial charge in [-0.05, 0) is 30.7 Å². The van der Waals surface area contributed by atoms with E-state index in [4.69, 9.17) is 11.6 Å². The van der Waals surface area contributed by atoms with E-state index in [0.717, 1.165) is 0 Å². The van der Waals surface area contributed by atoms with Crippen molar-refractivity contribution in [2.45, 2.75) is 20.0 Å². The van der Waals surface area contributed by atoms with Crippen LogP contribution in [-0.2, 0) is 13.1 Å². The topological polar surface area (TPSA) is 54.3 Å². The molecule has 0 atom stereocenters. The molecule has 124 valence electrons. The molecule has 1 aromatic heterocycles. The van der Waals surface area contributed by atoms with Crippen molar-refractivity contribution in [3.63, 3.8) is 0 Å². The number of nitrogens with zero attached hydrogens (tertiary/aromatic N) is 1. The van der Waals surface area contributed by atoms with E-state index < -0.39 is 5.82 Å². The molecule has 1 heterocycles. The summed E-state index contributed by atoms with van der Waals surface area (Å²) >= 11 is 5.98. The van der Waals surface area contributed by atoms with Crippen LogP contribution in [0.5, 0.6) is 5.88 Å². The summed E-state index contributed by atoms with van der Waals surface area (Å²) in [5.41, 5.74) is 1.01. The minimum atomic E-state index is -0.425. The molecule has 0 bridgehead atoms. The van der Waals surface area contributed by atoms with Gasteiger partial charge in [-0.15, -0.1) is 0 Å². The number of aromatic nitrogens is 1. The van der Waals surface area contributed by atoms with E-state index in [1.165, 1.54) is 18.2 Å². The molecular weight excluding hydrogens is 331 g/mol. The molecule has 0 fully saturated rings. The second-order valence-electron chi connectivity index (χ2n) is 5.38. The van der Waals surface area contributed by atoms with E-state index in [2.05, 4.69) is 5.32 Å². The maximum absolute atomic E-state index is 13.1. The van der Waals surface area contributed by atoms with Crippen molar-refractivity contribution in [2.75, 3.05) is 0 Å². The number of halogens is 2. The van der Waals surface area contributed by atoms with E-state index in [-0.39, 0.29) is 23.4 Å². The first-order valence-corrected chi connectivity index (χ1v) is 7.93. The summed E-state index contributed by atoms with van der Waals surface area (Å²) in [5, 5.41) is 14.6. The number of fused-ring (bicyclic) bond motifs is 1. The number of amides is 1. The fourth-order valence-electron chi connectivity index (χ4n) is 2.76. The summed E-state index contributed by atoms with van der Waals surface area (Å²) in [7, 11) is 0. The molecule has 6 heteroatoms. The number of rotatable bonds is 4. The fraction of sp³-hybridized carbons (Fsp3) is 0.167. The van der Waals surface area contributed by atoms with Gasteiger partial charge in [-0.3, -0.25) is 4.79 Å². The van der Waals surface area contributed by atoms with Crippen LogP contribution < -0.4 is 5.32 Å². The number of carbonyl (C=O) groups excluding carboxylic acids is 1. The zero-order chi connectivity index (χ0) is 17.3. The molecule has 2 N–H and O–H groups in total.